The summed E-state index contributed by atoms with van der Waals surface area (Å²) in [6.45, 7) is 0.723. The van der Waals surface area contributed by atoms with Gasteiger partial charge in [-0.2, -0.15) is 5.10 Å². The minimum absolute atomic E-state index is 0. The van der Waals surface area contributed by atoms with E-state index < -0.39 is 6.36 Å². The lowest BCUT2D eigenvalue weighted by atomic mass is 10.2. The van der Waals surface area contributed by atoms with Crippen LogP contribution in [-0.4, -0.2) is 22.1 Å². The standard InChI is InChI=1S/C14H16F3N5O.HI/c1-22-11(6-7-21-22)9-20-13(18)19-8-10-2-4-12(5-3-10)23-14(15,16)17;/h2-7H,8-9H2,1H3,(H3,18,19,20);1H. The zero-order chi connectivity index (χ0) is 16.9. The Morgan fingerprint density at radius 2 is 1.96 bits per heavy atom. The Balaban J connectivity index is 0.00000288. The molecule has 24 heavy (non-hydrogen) atoms. The Morgan fingerprint density at radius 1 is 1.29 bits per heavy atom. The fourth-order valence-corrected chi connectivity index (χ4v) is 1.78. The lowest BCUT2D eigenvalue weighted by Crippen LogP contribution is -2.31. The van der Waals surface area contributed by atoms with E-state index in [-0.39, 0.29) is 42.2 Å². The number of aromatic nitrogens is 2. The summed E-state index contributed by atoms with van der Waals surface area (Å²) in [6, 6.07) is 7.31. The van der Waals surface area contributed by atoms with Crippen LogP contribution in [0.5, 0.6) is 5.75 Å². The van der Waals surface area contributed by atoms with Crippen LogP contribution in [0.15, 0.2) is 41.5 Å². The van der Waals surface area contributed by atoms with E-state index in [2.05, 4.69) is 20.1 Å². The van der Waals surface area contributed by atoms with Gasteiger partial charge in [0, 0.05) is 13.2 Å². The van der Waals surface area contributed by atoms with Gasteiger partial charge in [-0.3, -0.25) is 4.68 Å². The van der Waals surface area contributed by atoms with Gasteiger partial charge < -0.3 is 15.8 Å². The van der Waals surface area contributed by atoms with Crippen LogP contribution < -0.4 is 15.8 Å². The minimum Gasteiger partial charge on any atom is -0.406 e. The third kappa shape index (κ3) is 6.64. The molecule has 0 bridgehead atoms. The van der Waals surface area contributed by atoms with E-state index in [1.165, 1.54) is 24.3 Å². The van der Waals surface area contributed by atoms with Gasteiger partial charge in [-0.25, -0.2) is 4.99 Å². The van der Waals surface area contributed by atoms with Crippen molar-refractivity contribution in [3.63, 3.8) is 0 Å². The second kappa shape index (κ2) is 8.76. The van der Waals surface area contributed by atoms with E-state index in [0.717, 1.165) is 5.69 Å². The van der Waals surface area contributed by atoms with Gasteiger partial charge in [0.2, 0.25) is 0 Å². The Hall–Kier alpha value is -1.98. The zero-order valence-electron chi connectivity index (χ0n) is 12.7. The van der Waals surface area contributed by atoms with Crippen LogP contribution in [0.25, 0.3) is 0 Å². The number of nitrogens with two attached hydrogens (primary N) is 1. The van der Waals surface area contributed by atoms with Gasteiger partial charge in [0.1, 0.15) is 5.75 Å². The van der Waals surface area contributed by atoms with Crippen LogP contribution in [-0.2, 0) is 20.1 Å². The summed E-state index contributed by atoms with van der Waals surface area (Å²) in [5.41, 5.74) is 7.39. The van der Waals surface area contributed by atoms with Crippen LogP contribution in [0, 0.1) is 0 Å². The zero-order valence-corrected chi connectivity index (χ0v) is 15.1. The molecule has 0 unspecified atom stereocenters. The number of aliphatic imine (C=N–C) groups is 1. The molecule has 2 aromatic rings. The summed E-state index contributed by atoms with van der Waals surface area (Å²) >= 11 is 0. The topological polar surface area (TPSA) is 77.5 Å². The summed E-state index contributed by atoms with van der Waals surface area (Å²) in [4.78, 5) is 4.12. The van der Waals surface area contributed by atoms with Gasteiger partial charge in [-0.15, -0.1) is 37.1 Å². The Labute approximate surface area is 153 Å². The third-order valence-corrected chi connectivity index (χ3v) is 2.96. The quantitative estimate of drug-likeness (QED) is 0.413. The molecule has 0 fully saturated rings. The predicted molar refractivity (Wildman–Crippen MR) is 93.9 cm³/mol. The molecule has 6 nitrogen and oxygen atoms in total. The lowest BCUT2D eigenvalue weighted by molar-refractivity contribution is -0.274. The maximum Gasteiger partial charge on any atom is 0.573 e. The lowest BCUT2D eigenvalue weighted by Gasteiger charge is -2.09. The molecule has 0 atom stereocenters. The number of hydrogen-bond acceptors (Lipinski definition) is 3. The fraction of sp³-hybridized carbons (Fsp3) is 0.286. The molecule has 0 radical (unpaired) electrons. The number of aryl methyl sites for hydroxylation is 1. The van der Waals surface area contributed by atoms with E-state index >= 15 is 0 Å². The molecule has 10 heteroatoms. The molecule has 1 heterocycles. The summed E-state index contributed by atoms with van der Waals surface area (Å²) < 4.78 is 41.7. The summed E-state index contributed by atoms with van der Waals surface area (Å²) in [5.74, 6) is -0.0330. The van der Waals surface area contributed by atoms with Crippen LogP contribution in [0.3, 0.4) is 0 Å². The first-order chi connectivity index (χ1) is 10.8. The van der Waals surface area contributed by atoms with Crippen LogP contribution in [0.4, 0.5) is 13.2 Å². The molecule has 1 aromatic carbocycles. The van der Waals surface area contributed by atoms with Crippen molar-refractivity contribution in [1.82, 2.24) is 15.1 Å². The molecular formula is C14H17F3IN5O. The van der Waals surface area contributed by atoms with Crippen molar-refractivity contribution in [2.75, 3.05) is 0 Å². The Bertz CT molecular complexity index is 670. The van der Waals surface area contributed by atoms with Gasteiger partial charge in [-0.05, 0) is 23.8 Å². The number of nitrogens with zero attached hydrogens (tertiary/aromatic N) is 3. The molecule has 0 aliphatic rings. The number of nitrogens with one attached hydrogen (secondary N) is 1. The monoisotopic (exact) mass is 455 g/mol. The molecule has 0 aliphatic heterocycles. The van der Waals surface area contributed by atoms with Crippen molar-refractivity contribution in [3.8, 4) is 5.75 Å². The van der Waals surface area contributed by atoms with Crippen molar-refractivity contribution in [2.24, 2.45) is 17.8 Å². The van der Waals surface area contributed by atoms with Crippen molar-refractivity contribution in [2.45, 2.75) is 19.5 Å². The van der Waals surface area contributed by atoms with Crippen LogP contribution in [0.2, 0.25) is 0 Å². The molecule has 0 saturated heterocycles. The Morgan fingerprint density at radius 3 is 2.50 bits per heavy atom. The minimum atomic E-state index is -4.69. The number of rotatable bonds is 5. The first-order valence-corrected chi connectivity index (χ1v) is 6.69. The highest BCUT2D eigenvalue weighted by Gasteiger charge is 2.30. The van der Waals surface area contributed by atoms with E-state index in [1.807, 2.05) is 13.1 Å². The highest BCUT2D eigenvalue weighted by molar-refractivity contribution is 14.0. The molecule has 2 rings (SSSR count). The number of alkyl halides is 3. The molecule has 1 aromatic heterocycles. The maximum atomic E-state index is 12.1. The summed E-state index contributed by atoms with van der Waals surface area (Å²) in [5, 5.41) is 6.96. The van der Waals surface area contributed by atoms with Gasteiger partial charge in [-0.1, -0.05) is 12.1 Å². The molecule has 0 amide bonds. The van der Waals surface area contributed by atoms with E-state index in [0.29, 0.717) is 12.1 Å². The third-order valence-electron chi connectivity index (χ3n) is 2.96. The van der Waals surface area contributed by atoms with Gasteiger partial charge >= 0.3 is 6.36 Å². The van der Waals surface area contributed by atoms with E-state index in [9.17, 15) is 13.2 Å². The smallest absolute Gasteiger partial charge is 0.406 e. The molecule has 0 saturated carbocycles. The number of hydrogen-bond donors (Lipinski definition) is 2. The number of benzene rings is 1. The van der Waals surface area contributed by atoms with Crippen molar-refractivity contribution < 1.29 is 17.9 Å². The molecular weight excluding hydrogens is 438 g/mol. The molecule has 0 spiro atoms. The highest BCUT2D eigenvalue weighted by atomic mass is 127. The predicted octanol–water partition coefficient (Wildman–Crippen LogP) is 2.54. The number of halogens is 4. The highest BCUT2D eigenvalue weighted by Crippen LogP contribution is 2.22. The number of ether oxygens (including phenoxy) is 1. The van der Waals surface area contributed by atoms with Crippen molar-refractivity contribution >= 4 is 29.9 Å². The molecule has 0 aliphatic carbocycles. The number of guanidine groups is 1. The van der Waals surface area contributed by atoms with E-state index in [1.54, 1.807) is 10.9 Å². The largest absolute Gasteiger partial charge is 0.573 e. The average Bonchev–Trinajstić information content (AvgIpc) is 2.88. The second-order valence-electron chi connectivity index (χ2n) is 4.69. The van der Waals surface area contributed by atoms with Crippen molar-refractivity contribution in [1.29, 1.82) is 0 Å². The maximum absolute atomic E-state index is 12.1. The first-order valence-electron chi connectivity index (χ1n) is 6.69. The summed E-state index contributed by atoms with van der Waals surface area (Å²) in [7, 11) is 1.81. The van der Waals surface area contributed by atoms with Gasteiger partial charge in [0.05, 0.1) is 18.8 Å². The first kappa shape index (κ1) is 20.1. The van der Waals surface area contributed by atoms with Crippen molar-refractivity contribution in [3.05, 3.63) is 47.8 Å². The van der Waals surface area contributed by atoms with Crippen LogP contribution in [0.1, 0.15) is 11.3 Å². The SMILES string of the molecule is Cn1nccc1CNC(N)=NCc1ccc(OC(F)(F)F)cc1.I. The molecule has 132 valence electrons. The summed E-state index contributed by atoms with van der Waals surface area (Å²) in [6.07, 6.45) is -3.02. The van der Waals surface area contributed by atoms with Gasteiger partial charge in [0.25, 0.3) is 0 Å². The van der Waals surface area contributed by atoms with E-state index in [4.69, 9.17) is 5.73 Å². The average molecular weight is 455 g/mol. The van der Waals surface area contributed by atoms with Gasteiger partial charge in [0.15, 0.2) is 5.96 Å². The Kier molecular flexibility index (Phi) is 7.32. The normalized spacial score (nSPS) is 11.8. The van der Waals surface area contributed by atoms with Crippen LogP contribution >= 0.6 is 24.0 Å². The molecule has 3 N–H and O–H groups in total. The fourth-order valence-electron chi connectivity index (χ4n) is 1.78. The second-order valence-corrected chi connectivity index (χ2v) is 4.69.